The standard InChI is InChI=1S/C14H22N2O3/c1-18-13-5-4-10(12(15)9-17)7-14(13)19-11-3-2-6-16-8-11/h4-5,7,11-12,16-17H,2-3,6,8-9,15H2,1H3. The van der Waals surface area contributed by atoms with Crippen LogP contribution in [0.5, 0.6) is 11.5 Å². The number of hydrogen-bond donors (Lipinski definition) is 3. The molecule has 0 bridgehead atoms. The van der Waals surface area contributed by atoms with E-state index in [0.717, 1.165) is 31.5 Å². The lowest BCUT2D eigenvalue weighted by atomic mass is 10.1. The monoisotopic (exact) mass is 266 g/mol. The summed E-state index contributed by atoms with van der Waals surface area (Å²) in [6.45, 7) is 1.81. The zero-order valence-corrected chi connectivity index (χ0v) is 11.3. The molecule has 4 N–H and O–H groups in total. The Morgan fingerprint density at radius 2 is 2.32 bits per heavy atom. The summed E-state index contributed by atoms with van der Waals surface area (Å²) in [5.74, 6) is 1.39. The minimum Gasteiger partial charge on any atom is -0.493 e. The first-order chi connectivity index (χ1) is 9.24. The van der Waals surface area contributed by atoms with E-state index in [-0.39, 0.29) is 12.7 Å². The highest BCUT2D eigenvalue weighted by Crippen LogP contribution is 2.31. The van der Waals surface area contributed by atoms with Gasteiger partial charge in [0, 0.05) is 6.54 Å². The van der Waals surface area contributed by atoms with Crippen LogP contribution in [0.3, 0.4) is 0 Å². The van der Waals surface area contributed by atoms with Gasteiger partial charge in [-0.15, -0.1) is 0 Å². The van der Waals surface area contributed by atoms with Gasteiger partial charge in [-0.2, -0.15) is 0 Å². The normalized spacial score (nSPS) is 20.9. The molecule has 1 aromatic carbocycles. The van der Waals surface area contributed by atoms with Gasteiger partial charge in [0.15, 0.2) is 11.5 Å². The van der Waals surface area contributed by atoms with Crippen LogP contribution in [0.4, 0.5) is 0 Å². The number of ether oxygens (including phenoxy) is 2. The molecule has 2 atom stereocenters. The Hall–Kier alpha value is -1.30. The quantitative estimate of drug-likeness (QED) is 0.735. The van der Waals surface area contributed by atoms with Gasteiger partial charge in [0.25, 0.3) is 0 Å². The molecule has 5 nitrogen and oxygen atoms in total. The molecule has 1 aromatic rings. The van der Waals surface area contributed by atoms with Gasteiger partial charge in [-0.3, -0.25) is 0 Å². The molecular formula is C14H22N2O3. The minimum atomic E-state index is -0.391. The second-order valence-corrected chi connectivity index (χ2v) is 4.79. The molecule has 2 unspecified atom stereocenters. The number of benzene rings is 1. The zero-order chi connectivity index (χ0) is 13.7. The van der Waals surface area contributed by atoms with Crippen LogP contribution in [0.2, 0.25) is 0 Å². The van der Waals surface area contributed by atoms with Crippen molar-refractivity contribution in [1.82, 2.24) is 5.32 Å². The van der Waals surface area contributed by atoms with E-state index >= 15 is 0 Å². The second kappa shape index (κ2) is 6.75. The first-order valence-electron chi connectivity index (χ1n) is 6.66. The zero-order valence-electron chi connectivity index (χ0n) is 11.3. The van der Waals surface area contributed by atoms with Crippen molar-refractivity contribution in [2.45, 2.75) is 25.0 Å². The molecule has 0 aromatic heterocycles. The molecule has 0 saturated carbocycles. The lowest BCUT2D eigenvalue weighted by molar-refractivity contribution is 0.161. The molecular weight excluding hydrogens is 244 g/mol. The van der Waals surface area contributed by atoms with Crippen LogP contribution in [-0.2, 0) is 0 Å². The van der Waals surface area contributed by atoms with E-state index in [1.807, 2.05) is 18.2 Å². The van der Waals surface area contributed by atoms with E-state index in [0.29, 0.717) is 11.5 Å². The van der Waals surface area contributed by atoms with E-state index < -0.39 is 6.04 Å². The fourth-order valence-corrected chi connectivity index (χ4v) is 2.22. The number of aliphatic hydroxyl groups excluding tert-OH is 1. The second-order valence-electron chi connectivity index (χ2n) is 4.79. The molecule has 1 saturated heterocycles. The van der Waals surface area contributed by atoms with Crippen molar-refractivity contribution in [3.8, 4) is 11.5 Å². The Bertz CT molecular complexity index is 406. The van der Waals surface area contributed by atoms with Gasteiger partial charge in [-0.25, -0.2) is 0 Å². The number of nitrogens with one attached hydrogen (secondary N) is 1. The Kier molecular flexibility index (Phi) is 5.01. The summed E-state index contributed by atoms with van der Waals surface area (Å²) in [5, 5.41) is 12.4. The average Bonchev–Trinajstić information content (AvgIpc) is 2.47. The summed E-state index contributed by atoms with van der Waals surface area (Å²) in [6.07, 6.45) is 2.30. The third-order valence-electron chi connectivity index (χ3n) is 3.36. The predicted molar refractivity (Wildman–Crippen MR) is 73.5 cm³/mol. The van der Waals surface area contributed by atoms with Gasteiger partial charge < -0.3 is 25.6 Å². The number of piperidine rings is 1. The van der Waals surface area contributed by atoms with Crippen molar-refractivity contribution in [3.63, 3.8) is 0 Å². The van der Waals surface area contributed by atoms with E-state index in [1.54, 1.807) is 7.11 Å². The van der Waals surface area contributed by atoms with Crippen molar-refractivity contribution >= 4 is 0 Å². The minimum absolute atomic E-state index is 0.0866. The Morgan fingerprint density at radius 3 is 2.95 bits per heavy atom. The van der Waals surface area contributed by atoms with Crippen LogP contribution in [-0.4, -0.2) is 38.0 Å². The molecule has 5 heteroatoms. The molecule has 0 spiro atoms. The van der Waals surface area contributed by atoms with Crippen LogP contribution in [0.15, 0.2) is 18.2 Å². The maximum atomic E-state index is 9.12. The summed E-state index contributed by atoms with van der Waals surface area (Å²) in [5.41, 5.74) is 6.68. The largest absolute Gasteiger partial charge is 0.493 e. The van der Waals surface area contributed by atoms with E-state index in [9.17, 15) is 0 Å². The maximum absolute atomic E-state index is 9.12. The van der Waals surface area contributed by atoms with Gasteiger partial charge in [0.1, 0.15) is 6.10 Å². The topological polar surface area (TPSA) is 76.7 Å². The Balaban J connectivity index is 2.15. The Morgan fingerprint density at radius 1 is 1.47 bits per heavy atom. The summed E-state index contributed by atoms with van der Waals surface area (Å²) >= 11 is 0. The molecule has 1 heterocycles. The lowest BCUT2D eigenvalue weighted by Crippen LogP contribution is -2.37. The fourth-order valence-electron chi connectivity index (χ4n) is 2.22. The Labute approximate surface area is 113 Å². The molecule has 19 heavy (non-hydrogen) atoms. The van der Waals surface area contributed by atoms with E-state index in [1.165, 1.54) is 0 Å². The average molecular weight is 266 g/mol. The summed E-state index contributed by atoms with van der Waals surface area (Å²) in [6, 6.07) is 5.15. The van der Waals surface area contributed by atoms with Crippen LogP contribution in [0, 0.1) is 0 Å². The molecule has 0 aliphatic carbocycles. The molecule has 1 aliphatic heterocycles. The third-order valence-corrected chi connectivity index (χ3v) is 3.36. The molecule has 0 radical (unpaired) electrons. The molecule has 1 aliphatic rings. The number of aliphatic hydroxyl groups is 1. The number of nitrogens with two attached hydrogens (primary N) is 1. The highest BCUT2D eigenvalue weighted by molar-refractivity contribution is 5.44. The smallest absolute Gasteiger partial charge is 0.161 e. The van der Waals surface area contributed by atoms with Gasteiger partial charge in [0.2, 0.25) is 0 Å². The van der Waals surface area contributed by atoms with Crippen molar-refractivity contribution in [2.75, 3.05) is 26.8 Å². The van der Waals surface area contributed by atoms with Crippen LogP contribution in [0.1, 0.15) is 24.4 Å². The SMILES string of the molecule is COc1ccc(C(N)CO)cc1OC1CCCNC1. The first kappa shape index (κ1) is 14.1. The summed E-state index contributed by atoms with van der Waals surface area (Å²) in [4.78, 5) is 0. The summed E-state index contributed by atoms with van der Waals surface area (Å²) < 4.78 is 11.3. The van der Waals surface area contributed by atoms with Crippen molar-refractivity contribution in [3.05, 3.63) is 23.8 Å². The van der Waals surface area contributed by atoms with Gasteiger partial charge >= 0.3 is 0 Å². The number of methoxy groups -OCH3 is 1. The van der Waals surface area contributed by atoms with Crippen molar-refractivity contribution in [1.29, 1.82) is 0 Å². The van der Waals surface area contributed by atoms with E-state index in [4.69, 9.17) is 20.3 Å². The fraction of sp³-hybridized carbons (Fsp3) is 0.571. The molecule has 1 fully saturated rings. The first-order valence-corrected chi connectivity index (χ1v) is 6.66. The predicted octanol–water partition coefficient (Wildman–Crippen LogP) is 0.818. The van der Waals surface area contributed by atoms with Gasteiger partial charge in [-0.1, -0.05) is 6.07 Å². The van der Waals surface area contributed by atoms with Gasteiger partial charge in [-0.05, 0) is 37.1 Å². The van der Waals surface area contributed by atoms with Crippen molar-refractivity contribution in [2.24, 2.45) is 5.73 Å². The molecule has 106 valence electrons. The molecule has 2 rings (SSSR count). The van der Waals surface area contributed by atoms with Crippen molar-refractivity contribution < 1.29 is 14.6 Å². The highest BCUT2D eigenvalue weighted by Gasteiger charge is 2.17. The van der Waals surface area contributed by atoms with Crippen LogP contribution >= 0.6 is 0 Å². The number of hydrogen-bond acceptors (Lipinski definition) is 5. The number of rotatable bonds is 5. The van der Waals surface area contributed by atoms with Crippen LogP contribution < -0.4 is 20.5 Å². The third kappa shape index (κ3) is 3.59. The highest BCUT2D eigenvalue weighted by atomic mass is 16.5. The van der Waals surface area contributed by atoms with Crippen LogP contribution in [0.25, 0.3) is 0 Å². The van der Waals surface area contributed by atoms with E-state index in [2.05, 4.69) is 5.32 Å². The molecule has 0 amide bonds. The van der Waals surface area contributed by atoms with Gasteiger partial charge in [0.05, 0.1) is 19.8 Å². The summed E-state index contributed by atoms with van der Waals surface area (Å²) in [7, 11) is 1.62. The lowest BCUT2D eigenvalue weighted by Gasteiger charge is -2.25. The maximum Gasteiger partial charge on any atom is 0.161 e.